The maximum absolute atomic E-state index is 14.1. The highest BCUT2D eigenvalue weighted by molar-refractivity contribution is 5.89. The van der Waals surface area contributed by atoms with Gasteiger partial charge in [-0.2, -0.15) is 0 Å². The lowest BCUT2D eigenvalue weighted by atomic mass is 9.49. The van der Waals surface area contributed by atoms with Gasteiger partial charge in [0, 0.05) is 18.3 Å². The van der Waals surface area contributed by atoms with E-state index in [0.717, 1.165) is 56.3 Å². The first-order valence-electron chi connectivity index (χ1n) is 17.9. The van der Waals surface area contributed by atoms with Gasteiger partial charge in [-0.3, -0.25) is 19.2 Å². The van der Waals surface area contributed by atoms with Crippen LogP contribution in [0.1, 0.15) is 161 Å². The van der Waals surface area contributed by atoms with Gasteiger partial charge in [0.2, 0.25) is 0 Å². The summed E-state index contributed by atoms with van der Waals surface area (Å²) in [7, 11) is 0. The molecule has 0 aromatic rings. The molecule has 0 amide bonds. The van der Waals surface area contributed by atoms with E-state index in [9.17, 15) is 28.0 Å². The number of esters is 3. The second-order valence-corrected chi connectivity index (χ2v) is 17.3. The number of hydrogen-bond acceptors (Lipinski definition) is 7. The van der Waals surface area contributed by atoms with Crippen LogP contribution in [-0.4, -0.2) is 48.4 Å². The minimum absolute atomic E-state index is 0. The fourth-order valence-electron chi connectivity index (χ4n) is 9.66. The second kappa shape index (κ2) is 16.7. The van der Waals surface area contributed by atoms with Crippen LogP contribution in [0, 0.1) is 51.8 Å². The van der Waals surface area contributed by atoms with Crippen LogP contribution in [0.3, 0.4) is 0 Å². The summed E-state index contributed by atoms with van der Waals surface area (Å²) < 4.78 is 44.3. The number of halogens is 2. The average Bonchev–Trinajstić information content (AvgIpc) is 2.97. The van der Waals surface area contributed by atoms with Crippen LogP contribution in [0.25, 0.3) is 0 Å². The van der Waals surface area contributed by atoms with Gasteiger partial charge < -0.3 is 14.2 Å². The molecule has 0 aromatic carbocycles. The lowest BCUT2D eigenvalue weighted by molar-refractivity contribution is -0.196. The van der Waals surface area contributed by atoms with Crippen molar-refractivity contribution in [2.24, 2.45) is 51.8 Å². The minimum Gasteiger partial charge on any atom is -0.465 e. The highest BCUT2D eigenvalue weighted by Gasteiger charge is 2.59. The minimum atomic E-state index is -3.26. The Morgan fingerprint density at radius 3 is 1.58 bits per heavy atom. The predicted octanol–water partition coefficient (Wildman–Crippen LogP) is 10.4. The molecule has 7 nitrogen and oxygen atoms in total. The Bertz CT molecular complexity index is 1140. The fourth-order valence-corrected chi connectivity index (χ4v) is 9.66. The number of ether oxygens (including phenoxy) is 3. The van der Waals surface area contributed by atoms with E-state index in [1.165, 1.54) is 19.3 Å². The summed E-state index contributed by atoms with van der Waals surface area (Å²) in [5.74, 6) is -1.47. The van der Waals surface area contributed by atoms with Crippen molar-refractivity contribution < 1.29 is 42.2 Å². The SMILES string of the molecule is C.C.C.C.CCC(C)(C)C(=O)OC12CC3CC(CC(C3)C1)C2.CCC(C)(C)C(=O)OCCC(F)(F)COC(=O)C12CC3CC(C1)C(=O)C(C3)C2. The molecule has 8 fully saturated rings. The van der Waals surface area contributed by atoms with Crippen LogP contribution in [0.15, 0.2) is 0 Å². The molecule has 50 heavy (non-hydrogen) atoms. The first-order valence-corrected chi connectivity index (χ1v) is 17.9. The number of rotatable bonds is 11. The molecule has 8 rings (SSSR count). The molecule has 292 valence electrons. The van der Waals surface area contributed by atoms with Gasteiger partial charge in [-0.05, 0) is 135 Å². The lowest BCUT2D eigenvalue weighted by Gasteiger charge is -2.56. The molecule has 2 unspecified atom stereocenters. The molecule has 9 heteroatoms. The van der Waals surface area contributed by atoms with Crippen molar-refractivity contribution in [3.8, 4) is 0 Å². The fraction of sp³-hybridized carbons (Fsp3) is 0.902. The van der Waals surface area contributed by atoms with Crippen molar-refractivity contribution in [1.82, 2.24) is 0 Å². The normalized spacial score (nSPS) is 32.9. The smallest absolute Gasteiger partial charge is 0.312 e. The zero-order chi connectivity index (χ0) is 33.7. The zero-order valence-electron chi connectivity index (χ0n) is 28.9. The van der Waals surface area contributed by atoms with E-state index in [-0.39, 0.29) is 64.3 Å². The summed E-state index contributed by atoms with van der Waals surface area (Å²) in [5, 5.41) is 0. The molecule has 0 N–H and O–H groups in total. The second-order valence-electron chi connectivity index (χ2n) is 17.3. The van der Waals surface area contributed by atoms with Gasteiger partial charge in [0.25, 0.3) is 5.92 Å². The number of hydrogen-bond donors (Lipinski definition) is 0. The first-order chi connectivity index (χ1) is 21.4. The monoisotopic (exact) mass is 715 g/mol. The summed E-state index contributed by atoms with van der Waals surface area (Å²) in [6.07, 6.45) is 11.5. The Morgan fingerprint density at radius 2 is 1.12 bits per heavy atom. The molecule has 0 heterocycles. The van der Waals surface area contributed by atoms with E-state index in [0.29, 0.717) is 31.6 Å². The first kappa shape index (κ1) is 46.0. The van der Waals surface area contributed by atoms with Crippen molar-refractivity contribution in [3.63, 3.8) is 0 Å². The number of carbonyl (C=O) groups excluding carboxylic acids is 4. The van der Waals surface area contributed by atoms with Gasteiger partial charge in [-0.25, -0.2) is 8.78 Å². The van der Waals surface area contributed by atoms with E-state index in [1.807, 2.05) is 20.8 Å². The Balaban J connectivity index is 0.000000497. The molecule has 2 atom stereocenters. The molecule has 0 saturated heterocycles. The van der Waals surface area contributed by atoms with Crippen molar-refractivity contribution >= 4 is 23.7 Å². The van der Waals surface area contributed by atoms with Crippen molar-refractivity contribution in [1.29, 1.82) is 0 Å². The molecule has 8 saturated carbocycles. The van der Waals surface area contributed by atoms with Crippen LogP contribution in [-0.2, 0) is 33.4 Å². The lowest BCUT2D eigenvalue weighted by Crippen LogP contribution is -2.55. The largest absolute Gasteiger partial charge is 0.465 e. The molecule has 0 aliphatic heterocycles. The zero-order valence-corrected chi connectivity index (χ0v) is 28.9. The maximum atomic E-state index is 14.1. The van der Waals surface area contributed by atoms with E-state index < -0.39 is 48.3 Å². The highest BCUT2D eigenvalue weighted by Crippen LogP contribution is 2.59. The van der Waals surface area contributed by atoms with Gasteiger partial charge in [0.05, 0.1) is 22.9 Å². The van der Waals surface area contributed by atoms with E-state index in [1.54, 1.807) is 13.8 Å². The van der Waals surface area contributed by atoms with Crippen LogP contribution in [0.5, 0.6) is 0 Å². The van der Waals surface area contributed by atoms with Crippen LogP contribution >= 0.6 is 0 Å². The third-order valence-electron chi connectivity index (χ3n) is 12.7. The van der Waals surface area contributed by atoms with Crippen LogP contribution < -0.4 is 0 Å². The Morgan fingerprint density at radius 1 is 0.680 bits per heavy atom. The summed E-state index contributed by atoms with van der Waals surface area (Å²) in [4.78, 5) is 49.1. The Labute approximate surface area is 303 Å². The Kier molecular flexibility index (Phi) is 15.4. The summed E-state index contributed by atoms with van der Waals surface area (Å²) in [6, 6.07) is 0. The highest BCUT2D eigenvalue weighted by atomic mass is 19.3. The quantitative estimate of drug-likeness (QED) is 0.155. The molecule has 8 aliphatic carbocycles. The maximum Gasteiger partial charge on any atom is 0.312 e. The standard InChI is InChI=1S/C21H30F2O5.C16H26O2.4CH4/c1-4-19(2,3)17(25)27-6-5-21(22,23)12-28-18(26)20-9-13-7-14(10-20)16(24)15(8-13)11-20;1-4-15(2,3)14(17)18-16-8-11-5-12(9-16)7-13(6-11)10-16;;;;/h13-15H,4-12H2,1-3H3;11-13H,4-10H2,1-3H3;4*1H4. The molecule has 0 aromatic heterocycles. The van der Waals surface area contributed by atoms with Gasteiger partial charge in [0.1, 0.15) is 11.4 Å². The van der Waals surface area contributed by atoms with Crippen molar-refractivity contribution in [2.75, 3.05) is 13.2 Å². The number of carbonyl (C=O) groups is 4. The molecule has 0 radical (unpaired) electrons. The third-order valence-corrected chi connectivity index (χ3v) is 12.7. The number of ketones is 1. The molecule has 0 spiro atoms. The summed E-state index contributed by atoms with van der Waals surface area (Å²) in [6.45, 7) is 9.88. The van der Waals surface area contributed by atoms with E-state index in [4.69, 9.17) is 14.2 Å². The van der Waals surface area contributed by atoms with Crippen molar-refractivity contribution in [2.45, 2.75) is 173 Å². The molecular formula is C41H72F2O7. The van der Waals surface area contributed by atoms with Crippen LogP contribution in [0.2, 0.25) is 0 Å². The van der Waals surface area contributed by atoms with Gasteiger partial charge >= 0.3 is 17.9 Å². The number of alkyl halides is 2. The summed E-state index contributed by atoms with van der Waals surface area (Å²) in [5.41, 5.74) is -1.86. The van der Waals surface area contributed by atoms with Gasteiger partial charge in [0.15, 0.2) is 6.61 Å². The van der Waals surface area contributed by atoms with Gasteiger partial charge in [-0.15, -0.1) is 0 Å². The Hall–Kier alpha value is -2.06. The van der Waals surface area contributed by atoms with Crippen molar-refractivity contribution in [3.05, 3.63) is 0 Å². The summed E-state index contributed by atoms with van der Waals surface area (Å²) >= 11 is 0. The van der Waals surface area contributed by atoms with Crippen LogP contribution in [0.4, 0.5) is 8.78 Å². The molecular weight excluding hydrogens is 642 g/mol. The van der Waals surface area contributed by atoms with E-state index in [2.05, 4.69) is 6.92 Å². The third kappa shape index (κ3) is 9.67. The predicted molar refractivity (Wildman–Crippen MR) is 195 cm³/mol. The van der Waals surface area contributed by atoms with Gasteiger partial charge in [-0.1, -0.05) is 43.6 Å². The molecule has 8 aliphatic rings. The van der Waals surface area contributed by atoms with E-state index >= 15 is 0 Å². The number of Topliss-reactive ketones (excluding diaryl/α,β-unsaturated/α-hetero) is 1. The average molecular weight is 715 g/mol. The topological polar surface area (TPSA) is 96.0 Å². The molecule has 8 bridgehead atoms.